The van der Waals surface area contributed by atoms with Gasteiger partial charge in [-0.2, -0.15) is 5.10 Å². The number of rotatable bonds is 6. The van der Waals surface area contributed by atoms with Crippen molar-refractivity contribution >= 4 is 29.1 Å². The molecule has 7 heteroatoms. The van der Waals surface area contributed by atoms with Crippen LogP contribution < -0.4 is 16.1 Å². The van der Waals surface area contributed by atoms with Crippen molar-refractivity contribution in [3.63, 3.8) is 0 Å². The van der Waals surface area contributed by atoms with Crippen LogP contribution in [0.25, 0.3) is 6.20 Å². The van der Waals surface area contributed by atoms with E-state index in [2.05, 4.69) is 10.6 Å². The van der Waals surface area contributed by atoms with Crippen LogP contribution in [0.2, 0.25) is 0 Å². The highest BCUT2D eigenvalue weighted by Crippen LogP contribution is 2.27. The van der Waals surface area contributed by atoms with Crippen molar-refractivity contribution in [2.24, 2.45) is 5.10 Å². The number of para-hydroxylation sites is 1. The Morgan fingerprint density at radius 1 is 1.14 bits per heavy atom. The predicted molar refractivity (Wildman–Crippen MR) is 109 cm³/mol. The second-order valence-electron chi connectivity index (χ2n) is 6.88. The monoisotopic (exact) mass is 394 g/mol. The highest BCUT2D eigenvalue weighted by atomic mass is 32.2. The van der Waals surface area contributed by atoms with E-state index < -0.39 is 0 Å². The third-order valence-corrected chi connectivity index (χ3v) is 5.86. The summed E-state index contributed by atoms with van der Waals surface area (Å²) < 4.78 is 0. The van der Waals surface area contributed by atoms with Gasteiger partial charge in [0.25, 0.3) is 5.24 Å². The average molecular weight is 395 g/mol. The first-order chi connectivity index (χ1) is 13.7. The summed E-state index contributed by atoms with van der Waals surface area (Å²) in [7, 11) is 0. The number of fused-ring (bicyclic) bond motifs is 1. The number of carbonyl (C=O) groups excluding carboxylic acids is 2. The molecule has 0 spiro atoms. The molecule has 28 heavy (non-hydrogen) atoms. The van der Waals surface area contributed by atoms with Crippen LogP contribution in [0, 0.1) is 0 Å². The summed E-state index contributed by atoms with van der Waals surface area (Å²) in [5.41, 5.74) is 4.12. The Bertz CT molecular complexity index is 979. The highest BCUT2D eigenvalue weighted by molar-refractivity contribution is 8.14. The van der Waals surface area contributed by atoms with Gasteiger partial charge in [-0.05, 0) is 24.5 Å². The number of hydrogen-bond donors (Lipinski definition) is 1. The number of benzene rings is 2. The summed E-state index contributed by atoms with van der Waals surface area (Å²) in [5, 5.41) is 8.00. The van der Waals surface area contributed by atoms with E-state index in [0.29, 0.717) is 31.6 Å². The topological polar surface area (TPSA) is 65.0 Å². The lowest BCUT2D eigenvalue weighted by atomic mass is 10.1. The largest absolute Gasteiger partial charge is 0.288 e. The van der Waals surface area contributed by atoms with Gasteiger partial charge < -0.3 is 0 Å². The first kappa shape index (κ1) is 18.6. The molecule has 2 amide bonds. The van der Waals surface area contributed by atoms with Gasteiger partial charge in [-0.15, -0.1) is 0 Å². The molecule has 2 aliphatic rings. The van der Waals surface area contributed by atoms with Gasteiger partial charge in [0.15, 0.2) is 0 Å². The zero-order valence-corrected chi connectivity index (χ0v) is 16.3. The number of thioether (sulfide) groups is 1. The summed E-state index contributed by atoms with van der Waals surface area (Å²) in [6.45, 7) is 0.641. The zero-order chi connectivity index (χ0) is 19.3. The molecule has 0 aromatic heterocycles. The van der Waals surface area contributed by atoms with Crippen LogP contribution in [-0.2, 0) is 11.2 Å². The van der Waals surface area contributed by atoms with Crippen molar-refractivity contribution in [3.05, 3.63) is 70.7 Å². The summed E-state index contributed by atoms with van der Waals surface area (Å²) in [5.74, 6) is 0.571. The van der Waals surface area contributed by atoms with Crippen LogP contribution >= 0.6 is 11.8 Å². The molecule has 0 unspecified atom stereocenters. The van der Waals surface area contributed by atoms with Crippen molar-refractivity contribution in [3.8, 4) is 0 Å². The number of imide groups is 1. The Labute approximate surface area is 167 Å². The van der Waals surface area contributed by atoms with Crippen molar-refractivity contribution in [2.45, 2.75) is 25.3 Å². The van der Waals surface area contributed by atoms with E-state index in [0.717, 1.165) is 16.1 Å². The van der Waals surface area contributed by atoms with Gasteiger partial charge in [0.05, 0.1) is 11.4 Å². The maximum absolute atomic E-state index is 12.7. The van der Waals surface area contributed by atoms with Gasteiger partial charge in [-0.25, -0.2) is 5.53 Å². The van der Waals surface area contributed by atoms with E-state index in [4.69, 9.17) is 0 Å². The van der Waals surface area contributed by atoms with E-state index in [1.165, 1.54) is 16.7 Å². The molecule has 2 aliphatic heterocycles. The minimum absolute atomic E-state index is 0.0612. The fourth-order valence-electron chi connectivity index (χ4n) is 3.45. The third kappa shape index (κ3) is 4.20. The maximum Gasteiger partial charge on any atom is 0.288 e. The second-order valence-corrected chi connectivity index (χ2v) is 7.85. The Kier molecular flexibility index (Phi) is 5.62. The number of hydrogen-bond acceptors (Lipinski definition) is 6. The van der Waals surface area contributed by atoms with Gasteiger partial charge in [-0.3, -0.25) is 19.5 Å². The van der Waals surface area contributed by atoms with Crippen molar-refractivity contribution in [1.29, 1.82) is 0 Å². The molecule has 2 aromatic carbocycles. The number of amides is 2. The third-order valence-electron chi connectivity index (χ3n) is 4.86. The van der Waals surface area contributed by atoms with E-state index in [9.17, 15) is 9.59 Å². The van der Waals surface area contributed by atoms with Crippen LogP contribution in [0.5, 0.6) is 0 Å². The Hall–Kier alpha value is -2.80. The molecule has 144 valence electrons. The van der Waals surface area contributed by atoms with E-state index >= 15 is 0 Å². The van der Waals surface area contributed by atoms with Crippen LogP contribution in [-0.4, -0.2) is 39.4 Å². The number of nitrogens with zero attached hydrogens (tertiary/aromatic N) is 3. The number of hydrazine groups is 1. The second kappa shape index (κ2) is 8.48. The van der Waals surface area contributed by atoms with E-state index in [1.54, 1.807) is 0 Å². The maximum atomic E-state index is 12.7. The van der Waals surface area contributed by atoms with E-state index in [1.807, 2.05) is 65.8 Å². The van der Waals surface area contributed by atoms with Crippen LogP contribution in [0.1, 0.15) is 18.4 Å². The molecule has 1 fully saturated rings. The first-order valence-electron chi connectivity index (χ1n) is 9.40. The highest BCUT2D eigenvalue weighted by Gasteiger charge is 2.36. The normalized spacial score (nSPS) is 18.1. The SMILES string of the molecule is O=C(CCCN1C=c2ccccc2=NN1)N1C(=O)SC[C@@H]1Cc1ccccc1. The molecule has 0 radical (unpaired) electrons. The molecule has 6 nitrogen and oxygen atoms in total. The van der Waals surface area contributed by atoms with Crippen molar-refractivity contribution in [2.75, 3.05) is 12.3 Å². The first-order valence-corrected chi connectivity index (χ1v) is 10.4. The van der Waals surface area contributed by atoms with Crippen LogP contribution in [0.15, 0.2) is 59.7 Å². The van der Waals surface area contributed by atoms with Gasteiger partial charge in [0.2, 0.25) is 5.91 Å². The van der Waals surface area contributed by atoms with Gasteiger partial charge in [-0.1, -0.05) is 60.3 Å². The number of carbonyl (C=O) groups is 2. The summed E-state index contributed by atoms with van der Waals surface area (Å²) in [4.78, 5) is 26.4. The minimum atomic E-state index is -0.127. The van der Waals surface area contributed by atoms with Crippen LogP contribution in [0.4, 0.5) is 4.79 Å². The average Bonchev–Trinajstić information content (AvgIpc) is 3.08. The molecular weight excluding hydrogens is 372 g/mol. The van der Waals surface area contributed by atoms with Gasteiger partial charge >= 0.3 is 0 Å². The zero-order valence-electron chi connectivity index (χ0n) is 15.5. The standard InChI is InChI=1S/C21H22N4O2S/c26-20(11-6-12-24-14-17-9-4-5-10-19(17)22-23-24)25-18(15-28-21(25)27)13-16-7-2-1-3-8-16/h1-5,7-10,14,18,23H,6,11-13,15H2/t18-/m0/s1. The Morgan fingerprint density at radius 3 is 2.79 bits per heavy atom. The molecule has 1 atom stereocenters. The molecule has 0 aliphatic carbocycles. The van der Waals surface area contributed by atoms with Crippen molar-refractivity contribution < 1.29 is 9.59 Å². The summed E-state index contributed by atoms with van der Waals surface area (Å²) in [6, 6.07) is 17.8. The molecule has 4 rings (SSSR count). The summed E-state index contributed by atoms with van der Waals surface area (Å²) >= 11 is 1.24. The Morgan fingerprint density at radius 2 is 1.93 bits per heavy atom. The molecule has 0 saturated carbocycles. The molecular formula is C21H22N4O2S. The lowest BCUT2D eigenvalue weighted by Gasteiger charge is -2.24. The molecule has 1 saturated heterocycles. The quantitative estimate of drug-likeness (QED) is 0.810. The molecule has 0 bridgehead atoms. The molecule has 1 N–H and O–H groups in total. The fraction of sp³-hybridized carbons (Fsp3) is 0.286. The predicted octanol–water partition coefficient (Wildman–Crippen LogP) is 1.87. The fourth-order valence-corrected chi connectivity index (χ4v) is 4.44. The molecule has 2 aromatic rings. The lowest BCUT2D eigenvalue weighted by molar-refractivity contribution is -0.129. The Balaban J connectivity index is 1.32. The number of nitrogens with one attached hydrogen (secondary N) is 1. The smallest absolute Gasteiger partial charge is 0.279 e. The minimum Gasteiger partial charge on any atom is -0.279 e. The van der Waals surface area contributed by atoms with Crippen molar-refractivity contribution in [1.82, 2.24) is 15.4 Å². The van der Waals surface area contributed by atoms with Gasteiger partial charge in [0.1, 0.15) is 0 Å². The summed E-state index contributed by atoms with van der Waals surface area (Å²) in [6.07, 6.45) is 3.68. The van der Waals surface area contributed by atoms with Crippen LogP contribution in [0.3, 0.4) is 0 Å². The van der Waals surface area contributed by atoms with Gasteiger partial charge in [0, 0.05) is 30.1 Å². The van der Waals surface area contributed by atoms with E-state index in [-0.39, 0.29) is 17.2 Å². The molecule has 2 heterocycles. The lowest BCUT2D eigenvalue weighted by Crippen LogP contribution is -2.43.